The number of allylic oxidation sites excluding steroid dienone is 8. The Bertz CT molecular complexity index is 1020. The van der Waals surface area contributed by atoms with Gasteiger partial charge in [0.2, 0.25) is 0 Å². The van der Waals surface area contributed by atoms with E-state index in [9.17, 15) is 15.3 Å². The molecule has 242 valence electrons. The van der Waals surface area contributed by atoms with Gasteiger partial charge in [-0.05, 0) is 24.0 Å². The number of hydrogen-bond donors (Lipinski definition) is 0. The molecule has 2 aromatic rings. The van der Waals surface area contributed by atoms with Crippen LogP contribution in [0.1, 0.15) is 108 Å². The molecule has 2 aromatic carbocycles. The SMILES string of the molecule is C(C=CCc1ccccc1)=CCc1ccccc1.CC(C)(C)[O-].CC(C)(C)[O-].CC(C)(C)[O-].CC1=[C-]C(C)(C)C(C)=C1C.[Ti+4]. The molecule has 0 radical (unpaired) electrons. The molecule has 0 amide bonds. The molecule has 44 heavy (non-hydrogen) atoms. The van der Waals surface area contributed by atoms with Gasteiger partial charge in [0.05, 0.1) is 0 Å². The Kier molecular flexibility index (Phi) is 23.7. The Morgan fingerprint density at radius 1 is 0.591 bits per heavy atom. The van der Waals surface area contributed by atoms with Crippen molar-refractivity contribution in [1.29, 1.82) is 0 Å². The van der Waals surface area contributed by atoms with Crippen LogP contribution in [0.2, 0.25) is 0 Å². The molecule has 1 aliphatic carbocycles. The van der Waals surface area contributed by atoms with Crippen LogP contribution in [0.4, 0.5) is 0 Å². The predicted octanol–water partition coefficient (Wildman–Crippen LogP) is 8.13. The van der Waals surface area contributed by atoms with Crippen LogP contribution in [-0.4, -0.2) is 16.8 Å². The van der Waals surface area contributed by atoms with Gasteiger partial charge in [0.15, 0.2) is 0 Å². The number of rotatable bonds is 5. The van der Waals surface area contributed by atoms with E-state index in [4.69, 9.17) is 0 Å². The minimum Gasteiger partial charge on any atom is -0.850 e. The first-order chi connectivity index (χ1) is 19.4. The molecule has 3 rings (SSSR count). The van der Waals surface area contributed by atoms with Crippen LogP contribution >= 0.6 is 0 Å². The summed E-state index contributed by atoms with van der Waals surface area (Å²) in [6.45, 7) is 25.6. The number of hydrogen-bond acceptors (Lipinski definition) is 3. The second-order valence-corrected chi connectivity index (χ2v) is 14.2. The minimum absolute atomic E-state index is 0. The van der Waals surface area contributed by atoms with Crippen molar-refractivity contribution in [3.8, 4) is 0 Å². The van der Waals surface area contributed by atoms with Crippen molar-refractivity contribution < 1.29 is 37.0 Å². The fourth-order valence-corrected chi connectivity index (χ4v) is 3.20. The zero-order valence-corrected chi connectivity index (χ0v) is 31.8. The third-order valence-electron chi connectivity index (χ3n) is 5.34. The maximum atomic E-state index is 10.1. The van der Waals surface area contributed by atoms with Gasteiger partial charge in [-0.15, -0.1) is 23.7 Å². The van der Waals surface area contributed by atoms with Gasteiger partial charge in [0.25, 0.3) is 0 Å². The molecule has 0 aliphatic heterocycles. The molecular weight excluding hydrogens is 576 g/mol. The van der Waals surface area contributed by atoms with Crippen molar-refractivity contribution in [3.63, 3.8) is 0 Å². The topological polar surface area (TPSA) is 69.2 Å². The van der Waals surface area contributed by atoms with Gasteiger partial charge in [-0.1, -0.05) is 180 Å². The van der Waals surface area contributed by atoms with Crippen LogP contribution in [0, 0.1) is 11.5 Å². The molecule has 0 saturated heterocycles. The van der Waals surface area contributed by atoms with E-state index >= 15 is 0 Å². The quantitative estimate of drug-likeness (QED) is 0.189. The Hall–Kier alpha value is -2.01. The summed E-state index contributed by atoms with van der Waals surface area (Å²) < 4.78 is 0. The van der Waals surface area contributed by atoms with Crippen molar-refractivity contribution in [3.05, 3.63) is 119 Å². The minimum atomic E-state index is -0.750. The normalized spacial score (nSPS) is 14.1. The van der Waals surface area contributed by atoms with Crippen LogP contribution in [0.15, 0.2) is 102 Å². The Morgan fingerprint density at radius 2 is 0.864 bits per heavy atom. The van der Waals surface area contributed by atoms with Gasteiger partial charge < -0.3 is 15.3 Å². The summed E-state index contributed by atoms with van der Waals surface area (Å²) >= 11 is 0. The van der Waals surface area contributed by atoms with E-state index in [0.29, 0.717) is 0 Å². The first-order valence-corrected chi connectivity index (χ1v) is 15.2. The Balaban J connectivity index is -0.000000546. The van der Waals surface area contributed by atoms with Crippen molar-refractivity contribution in [2.24, 2.45) is 5.41 Å². The van der Waals surface area contributed by atoms with Crippen LogP contribution in [-0.2, 0) is 34.6 Å². The van der Waals surface area contributed by atoms with E-state index in [1.807, 2.05) is 12.1 Å². The molecule has 0 bridgehead atoms. The summed E-state index contributed by atoms with van der Waals surface area (Å²) in [4.78, 5) is 0. The first-order valence-electron chi connectivity index (χ1n) is 15.2. The molecule has 0 aromatic heterocycles. The number of benzene rings is 2. The van der Waals surface area contributed by atoms with Crippen molar-refractivity contribution >= 4 is 0 Å². The maximum Gasteiger partial charge on any atom is 4.00 e. The van der Waals surface area contributed by atoms with Crippen LogP contribution in [0.5, 0.6) is 0 Å². The Morgan fingerprint density at radius 3 is 1.05 bits per heavy atom. The van der Waals surface area contributed by atoms with Crippen LogP contribution < -0.4 is 15.3 Å². The molecule has 0 fully saturated rings. The van der Waals surface area contributed by atoms with E-state index in [0.717, 1.165) is 12.8 Å². The molecule has 3 nitrogen and oxygen atoms in total. The molecular formula is C40H60O3Ti. The average molecular weight is 637 g/mol. The van der Waals surface area contributed by atoms with E-state index in [1.54, 1.807) is 62.3 Å². The van der Waals surface area contributed by atoms with Crippen molar-refractivity contribution in [1.82, 2.24) is 0 Å². The standard InChI is InChI=1S/C18H18.C10H15.3C4H9O.Ti/c1(5-11-17-13-7-3-8-14-17)2-6-12-18-15-9-4-10-16-18;1-7-6-10(4,5)9(3)8(7)2;3*1-4(2,3)5;/h1-10,13-16H,11-12H2;1-5H3;3*1-3H3;/q;4*-1;+4. The summed E-state index contributed by atoms with van der Waals surface area (Å²) in [7, 11) is 0. The molecule has 0 heterocycles. The third-order valence-corrected chi connectivity index (χ3v) is 5.34. The molecule has 0 spiro atoms. The fraction of sp³-hybridized carbons (Fsp3) is 0.500. The van der Waals surface area contributed by atoms with E-state index in [-0.39, 0.29) is 27.1 Å². The summed E-state index contributed by atoms with van der Waals surface area (Å²) in [5.74, 6) is 0. The molecule has 0 unspecified atom stereocenters. The van der Waals surface area contributed by atoms with E-state index < -0.39 is 16.8 Å². The molecule has 0 atom stereocenters. The Labute approximate surface area is 286 Å². The van der Waals surface area contributed by atoms with Gasteiger partial charge in [0, 0.05) is 0 Å². The second-order valence-electron chi connectivity index (χ2n) is 14.2. The second kappa shape index (κ2) is 22.5. The van der Waals surface area contributed by atoms with E-state index in [2.05, 4.69) is 114 Å². The third kappa shape index (κ3) is 34.5. The maximum absolute atomic E-state index is 10.1. The molecule has 0 saturated carbocycles. The van der Waals surface area contributed by atoms with Gasteiger partial charge in [0.1, 0.15) is 0 Å². The molecule has 1 aliphatic rings. The summed E-state index contributed by atoms with van der Waals surface area (Å²) in [6, 6.07) is 21.0. The smallest absolute Gasteiger partial charge is 0.850 e. The van der Waals surface area contributed by atoms with Crippen LogP contribution in [0.25, 0.3) is 0 Å². The summed E-state index contributed by atoms with van der Waals surface area (Å²) in [5.41, 5.74) is 4.85. The monoisotopic (exact) mass is 636 g/mol. The zero-order valence-electron chi connectivity index (χ0n) is 30.2. The van der Waals surface area contributed by atoms with Crippen molar-refractivity contribution in [2.75, 3.05) is 0 Å². The largest absolute Gasteiger partial charge is 4.00 e. The summed E-state index contributed by atoms with van der Waals surface area (Å²) in [6.07, 6.45) is 14.1. The van der Waals surface area contributed by atoms with Gasteiger partial charge in [-0.3, -0.25) is 6.08 Å². The predicted molar refractivity (Wildman–Crippen MR) is 182 cm³/mol. The average Bonchev–Trinajstić information content (AvgIpc) is 3.01. The van der Waals surface area contributed by atoms with Gasteiger partial charge in [-0.2, -0.15) is 11.1 Å². The molecule has 0 N–H and O–H groups in total. The van der Waals surface area contributed by atoms with Crippen LogP contribution in [0.3, 0.4) is 0 Å². The van der Waals surface area contributed by atoms with Gasteiger partial charge >= 0.3 is 21.7 Å². The van der Waals surface area contributed by atoms with Crippen molar-refractivity contribution in [2.45, 2.75) is 127 Å². The van der Waals surface area contributed by atoms with Gasteiger partial charge in [-0.25, -0.2) is 5.57 Å². The fourth-order valence-electron chi connectivity index (χ4n) is 3.20. The first kappa shape index (κ1) is 46.4. The molecule has 4 heteroatoms. The summed E-state index contributed by atoms with van der Waals surface area (Å²) in [5, 5.41) is 30.3. The zero-order chi connectivity index (χ0) is 33.9. The van der Waals surface area contributed by atoms with E-state index in [1.165, 1.54) is 27.8 Å².